The van der Waals surface area contributed by atoms with Crippen LogP contribution >= 0.6 is 0 Å². The van der Waals surface area contributed by atoms with Crippen LogP contribution in [0, 0.1) is 0 Å². The standard InChI is InChI=1S/C15H24N2O2/c1-4-19-14-6-5-13(11-15(14)18-3)16-12-7-9-17(2)10-8-12/h5-6,11-12,16H,4,7-10H2,1-3H3. The highest BCUT2D eigenvalue weighted by molar-refractivity contribution is 5.55. The summed E-state index contributed by atoms with van der Waals surface area (Å²) in [5.74, 6) is 1.60. The lowest BCUT2D eigenvalue weighted by Crippen LogP contribution is -2.36. The number of methoxy groups -OCH3 is 1. The molecule has 1 aromatic rings. The van der Waals surface area contributed by atoms with Gasteiger partial charge in [0, 0.05) is 17.8 Å². The van der Waals surface area contributed by atoms with E-state index in [4.69, 9.17) is 9.47 Å². The number of nitrogens with one attached hydrogen (secondary N) is 1. The number of rotatable bonds is 5. The van der Waals surface area contributed by atoms with Gasteiger partial charge >= 0.3 is 0 Å². The Labute approximate surface area is 115 Å². The van der Waals surface area contributed by atoms with Gasteiger partial charge in [-0.3, -0.25) is 0 Å². The summed E-state index contributed by atoms with van der Waals surface area (Å²) in [6, 6.07) is 6.60. The van der Waals surface area contributed by atoms with Gasteiger partial charge in [-0.1, -0.05) is 0 Å². The Hall–Kier alpha value is -1.42. The third kappa shape index (κ3) is 3.77. The summed E-state index contributed by atoms with van der Waals surface area (Å²) in [5.41, 5.74) is 1.11. The lowest BCUT2D eigenvalue weighted by atomic mass is 10.1. The molecule has 0 aromatic heterocycles. The van der Waals surface area contributed by atoms with Crippen molar-refractivity contribution in [3.8, 4) is 11.5 Å². The molecule has 2 rings (SSSR count). The summed E-state index contributed by atoms with van der Waals surface area (Å²) < 4.78 is 10.9. The smallest absolute Gasteiger partial charge is 0.162 e. The summed E-state index contributed by atoms with van der Waals surface area (Å²) in [6.07, 6.45) is 2.37. The summed E-state index contributed by atoms with van der Waals surface area (Å²) in [5, 5.41) is 3.58. The van der Waals surface area contributed by atoms with E-state index < -0.39 is 0 Å². The Bertz CT molecular complexity index is 401. The molecule has 106 valence electrons. The molecule has 0 spiro atoms. The highest BCUT2D eigenvalue weighted by Gasteiger charge is 2.16. The SMILES string of the molecule is CCOc1ccc(NC2CCN(C)CC2)cc1OC. The molecule has 1 aromatic carbocycles. The van der Waals surface area contributed by atoms with Gasteiger partial charge in [0.2, 0.25) is 0 Å². The van der Waals surface area contributed by atoms with Gasteiger partial charge in [0.15, 0.2) is 11.5 Å². The zero-order valence-electron chi connectivity index (χ0n) is 12.1. The number of nitrogens with zero attached hydrogens (tertiary/aromatic N) is 1. The van der Waals surface area contributed by atoms with E-state index in [1.807, 2.05) is 19.1 Å². The van der Waals surface area contributed by atoms with Crippen molar-refractivity contribution in [3.63, 3.8) is 0 Å². The van der Waals surface area contributed by atoms with Gasteiger partial charge in [-0.25, -0.2) is 0 Å². The van der Waals surface area contributed by atoms with Gasteiger partial charge in [0.05, 0.1) is 13.7 Å². The molecule has 0 aliphatic carbocycles. The first kappa shape index (κ1) is 14.0. The minimum Gasteiger partial charge on any atom is -0.493 e. The Kier molecular flexibility index (Phi) is 4.91. The fourth-order valence-electron chi connectivity index (χ4n) is 2.42. The maximum Gasteiger partial charge on any atom is 0.162 e. The number of benzene rings is 1. The molecule has 4 nitrogen and oxygen atoms in total. The van der Waals surface area contributed by atoms with Gasteiger partial charge < -0.3 is 19.7 Å². The lowest BCUT2D eigenvalue weighted by Gasteiger charge is -2.30. The minimum atomic E-state index is 0.554. The van der Waals surface area contributed by atoms with Crippen LogP contribution in [0.2, 0.25) is 0 Å². The van der Waals surface area contributed by atoms with Gasteiger partial charge in [-0.2, -0.15) is 0 Å². The van der Waals surface area contributed by atoms with E-state index in [1.165, 1.54) is 12.8 Å². The first-order chi connectivity index (χ1) is 9.22. The quantitative estimate of drug-likeness (QED) is 0.886. The Morgan fingerprint density at radius 3 is 2.63 bits per heavy atom. The van der Waals surface area contributed by atoms with Crippen LogP contribution in [-0.2, 0) is 0 Å². The van der Waals surface area contributed by atoms with Crippen molar-refractivity contribution in [1.82, 2.24) is 4.90 Å². The molecule has 0 radical (unpaired) electrons. The Balaban J connectivity index is 2.00. The molecular weight excluding hydrogens is 240 g/mol. The summed E-state index contributed by atoms with van der Waals surface area (Å²) >= 11 is 0. The second-order valence-electron chi connectivity index (χ2n) is 5.02. The molecule has 0 amide bonds. The molecule has 4 heteroatoms. The van der Waals surface area contributed by atoms with Gasteiger partial charge in [0.25, 0.3) is 0 Å². The van der Waals surface area contributed by atoms with Crippen molar-refractivity contribution in [2.75, 3.05) is 39.2 Å². The van der Waals surface area contributed by atoms with E-state index in [-0.39, 0.29) is 0 Å². The maximum absolute atomic E-state index is 5.53. The molecule has 1 fully saturated rings. The molecule has 1 N–H and O–H groups in total. The number of hydrogen-bond acceptors (Lipinski definition) is 4. The zero-order valence-corrected chi connectivity index (χ0v) is 12.1. The molecule has 0 unspecified atom stereocenters. The first-order valence-corrected chi connectivity index (χ1v) is 6.99. The summed E-state index contributed by atoms with van der Waals surface area (Å²) in [7, 11) is 3.85. The Morgan fingerprint density at radius 2 is 2.00 bits per heavy atom. The third-order valence-electron chi connectivity index (χ3n) is 3.55. The zero-order chi connectivity index (χ0) is 13.7. The lowest BCUT2D eigenvalue weighted by molar-refractivity contribution is 0.264. The van der Waals surface area contributed by atoms with E-state index in [9.17, 15) is 0 Å². The molecule has 1 saturated heterocycles. The van der Waals surface area contributed by atoms with Crippen LogP contribution < -0.4 is 14.8 Å². The number of hydrogen-bond donors (Lipinski definition) is 1. The predicted octanol–water partition coefficient (Wildman–Crippen LogP) is 2.60. The minimum absolute atomic E-state index is 0.554. The van der Waals surface area contributed by atoms with E-state index in [0.29, 0.717) is 12.6 Å². The summed E-state index contributed by atoms with van der Waals surface area (Å²) in [4.78, 5) is 2.37. The molecule has 0 atom stereocenters. The number of ether oxygens (including phenoxy) is 2. The van der Waals surface area contributed by atoms with E-state index in [0.717, 1.165) is 30.3 Å². The molecule has 0 saturated carbocycles. The number of piperidine rings is 1. The second-order valence-corrected chi connectivity index (χ2v) is 5.02. The van der Waals surface area contributed by atoms with Crippen LogP contribution in [0.5, 0.6) is 11.5 Å². The Morgan fingerprint density at radius 1 is 1.26 bits per heavy atom. The molecule has 19 heavy (non-hydrogen) atoms. The van der Waals surface area contributed by atoms with E-state index >= 15 is 0 Å². The van der Waals surface area contributed by atoms with E-state index in [2.05, 4.69) is 23.3 Å². The molecule has 0 bridgehead atoms. The fourth-order valence-corrected chi connectivity index (χ4v) is 2.42. The number of anilines is 1. The van der Waals surface area contributed by atoms with E-state index in [1.54, 1.807) is 7.11 Å². The fraction of sp³-hybridized carbons (Fsp3) is 0.600. The first-order valence-electron chi connectivity index (χ1n) is 6.99. The van der Waals surface area contributed by atoms with Crippen LogP contribution in [0.1, 0.15) is 19.8 Å². The highest BCUT2D eigenvalue weighted by Crippen LogP contribution is 2.31. The van der Waals surface area contributed by atoms with Crippen molar-refractivity contribution in [2.45, 2.75) is 25.8 Å². The summed E-state index contributed by atoms with van der Waals surface area (Å²) in [6.45, 7) is 4.94. The highest BCUT2D eigenvalue weighted by atomic mass is 16.5. The van der Waals surface area contributed by atoms with Crippen LogP contribution in [0.3, 0.4) is 0 Å². The van der Waals surface area contributed by atoms with Crippen LogP contribution in [-0.4, -0.2) is 44.8 Å². The van der Waals surface area contributed by atoms with Gasteiger partial charge in [-0.05, 0) is 52.0 Å². The monoisotopic (exact) mass is 264 g/mol. The number of likely N-dealkylation sites (tertiary alicyclic amines) is 1. The van der Waals surface area contributed by atoms with Crippen LogP contribution in [0.4, 0.5) is 5.69 Å². The van der Waals surface area contributed by atoms with Crippen LogP contribution in [0.15, 0.2) is 18.2 Å². The average molecular weight is 264 g/mol. The van der Waals surface area contributed by atoms with Crippen molar-refractivity contribution in [1.29, 1.82) is 0 Å². The average Bonchev–Trinajstić information content (AvgIpc) is 2.43. The van der Waals surface area contributed by atoms with Crippen molar-refractivity contribution in [2.24, 2.45) is 0 Å². The molecule has 1 aliphatic heterocycles. The molecular formula is C15H24N2O2. The van der Waals surface area contributed by atoms with Crippen molar-refractivity contribution < 1.29 is 9.47 Å². The maximum atomic E-state index is 5.53. The van der Waals surface area contributed by atoms with Gasteiger partial charge in [0.1, 0.15) is 0 Å². The predicted molar refractivity (Wildman–Crippen MR) is 78.3 cm³/mol. The molecule has 1 heterocycles. The molecule has 1 aliphatic rings. The van der Waals surface area contributed by atoms with Crippen molar-refractivity contribution >= 4 is 5.69 Å². The van der Waals surface area contributed by atoms with Crippen molar-refractivity contribution in [3.05, 3.63) is 18.2 Å². The third-order valence-corrected chi connectivity index (χ3v) is 3.55. The normalized spacial score (nSPS) is 17.2. The van der Waals surface area contributed by atoms with Crippen LogP contribution in [0.25, 0.3) is 0 Å². The topological polar surface area (TPSA) is 33.7 Å². The van der Waals surface area contributed by atoms with Gasteiger partial charge in [-0.15, -0.1) is 0 Å². The largest absolute Gasteiger partial charge is 0.493 e. The second kappa shape index (κ2) is 6.66.